The van der Waals surface area contributed by atoms with Crippen molar-refractivity contribution in [2.24, 2.45) is 0 Å². The lowest BCUT2D eigenvalue weighted by atomic mass is 10.1. The lowest BCUT2D eigenvalue weighted by Gasteiger charge is -2.33. The highest BCUT2D eigenvalue weighted by Gasteiger charge is 2.28. The van der Waals surface area contributed by atoms with E-state index in [2.05, 4.69) is 52.3 Å². The second-order valence-corrected chi connectivity index (χ2v) is 10.6. The van der Waals surface area contributed by atoms with Crippen molar-refractivity contribution in [1.82, 2.24) is 9.88 Å². The van der Waals surface area contributed by atoms with Crippen molar-refractivity contribution >= 4 is 35.0 Å². The molecule has 2 aliphatic rings. The summed E-state index contributed by atoms with van der Waals surface area (Å²) in [7, 11) is 0. The predicted octanol–water partition coefficient (Wildman–Crippen LogP) is 6.79. The first-order valence-electron chi connectivity index (χ1n) is 11.6. The van der Waals surface area contributed by atoms with Crippen molar-refractivity contribution in [3.05, 3.63) is 66.9 Å². The number of para-hydroxylation sites is 1. The Kier molecular flexibility index (Phi) is 6.13. The molecule has 0 spiro atoms. The molecule has 2 aromatic carbocycles. The second kappa shape index (κ2) is 9.22. The average Bonchev–Trinajstić information content (AvgIpc) is 2.82. The number of piperidine rings is 1. The van der Waals surface area contributed by atoms with Crippen molar-refractivity contribution < 1.29 is 14.3 Å². The Labute approximate surface area is 204 Å². The van der Waals surface area contributed by atoms with Crippen molar-refractivity contribution in [2.75, 3.05) is 18.0 Å². The molecule has 1 saturated heterocycles. The number of amides is 1. The molecule has 0 saturated carbocycles. The maximum Gasteiger partial charge on any atom is 0.410 e. The largest absolute Gasteiger partial charge is 0.490 e. The van der Waals surface area contributed by atoms with Gasteiger partial charge in [-0.3, -0.25) is 4.90 Å². The van der Waals surface area contributed by atoms with Crippen LogP contribution < -0.4 is 9.64 Å². The van der Waals surface area contributed by atoms with E-state index < -0.39 is 5.60 Å². The number of anilines is 3. The molecular weight excluding hydrogens is 446 g/mol. The molecule has 0 N–H and O–H groups in total. The molecule has 2 aliphatic heterocycles. The van der Waals surface area contributed by atoms with E-state index in [1.807, 2.05) is 45.2 Å². The molecular formula is C27H29N3O3S. The molecule has 34 heavy (non-hydrogen) atoms. The van der Waals surface area contributed by atoms with Gasteiger partial charge in [0.25, 0.3) is 0 Å². The molecule has 0 aliphatic carbocycles. The molecule has 6 nitrogen and oxygen atoms in total. The van der Waals surface area contributed by atoms with Gasteiger partial charge in [-0.25, -0.2) is 9.78 Å². The third-order valence-electron chi connectivity index (χ3n) is 5.78. The van der Waals surface area contributed by atoms with Crippen molar-refractivity contribution in [1.29, 1.82) is 0 Å². The van der Waals surface area contributed by atoms with E-state index in [-0.39, 0.29) is 12.2 Å². The maximum absolute atomic E-state index is 12.3. The molecule has 0 unspecified atom stereocenters. The van der Waals surface area contributed by atoms with Crippen LogP contribution in [-0.2, 0) is 4.74 Å². The first kappa shape index (κ1) is 22.6. The number of hydrogen-bond acceptors (Lipinski definition) is 6. The number of pyridine rings is 1. The van der Waals surface area contributed by atoms with Crippen LogP contribution in [0.4, 0.5) is 22.0 Å². The number of carbonyl (C=O) groups excluding carboxylic acids is 1. The molecule has 1 aromatic heterocycles. The molecule has 0 radical (unpaired) electrons. The highest BCUT2D eigenvalue weighted by molar-refractivity contribution is 7.99. The number of fused-ring (bicyclic) bond motifs is 2. The zero-order chi connectivity index (χ0) is 23.7. The van der Waals surface area contributed by atoms with Gasteiger partial charge in [-0.1, -0.05) is 23.9 Å². The minimum Gasteiger partial charge on any atom is -0.490 e. The molecule has 1 amide bonds. The molecule has 0 atom stereocenters. The Balaban J connectivity index is 1.27. The van der Waals surface area contributed by atoms with Crippen molar-refractivity contribution in [3.8, 4) is 5.75 Å². The third kappa shape index (κ3) is 4.85. The Morgan fingerprint density at radius 1 is 0.971 bits per heavy atom. The Hall–Kier alpha value is -3.19. The molecule has 176 valence electrons. The summed E-state index contributed by atoms with van der Waals surface area (Å²) >= 11 is 1.75. The summed E-state index contributed by atoms with van der Waals surface area (Å²) in [6.45, 7) is 6.95. The highest BCUT2D eigenvalue weighted by atomic mass is 32.2. The Morgan fingerprint density at radius 3 is 2.41 bits per heavy atom. The quantitative estimate of drug-likeness (QED) is 0.325. The average molecular weight is 476 g/mol. The number of nitrogens with zero attached hydrogens (tertiary/aromatic N) is 3. The molecule has 1 fully saturated rings. The predicted molar refractivity (Wildman–Crippen MR) is 134 cm³/mol. The Morgan fingerprint density at radius 2 is 1.68 bits per heavy atom. The summed E-state index contributed by atoms with van der Waals surface area (Å²) in [5, 5.41) is 0. The smallest absolute Gasteiger partial charge is 0.410 e. The number of rotatable bonds is 3. The van der Waals surface area contributed by atoms with Gasteiger partial charge >= 0.3 is 6.09 Å². The summed E-state index contributed by atoms with van der Waals surface area (Å²) in [6.07, 6.45) is 3.24. The summed E-state index contributed by atoms with van der Waals surface area (Å²) in [4.78, 5) is 23.3. The highest BCUT2D eigenvalue weighted by Crippen LogP contribution is 2.50. The fourth-order valence-electron chi connectivity index (χ4n) is 4.20. The Bertz CT molecular complexity index is 1120. The number of carbonyl (C=O) groups is 1. The SMILES string of the molecule is CC(C)(C)OC(=O)N1CCC(Oc2ccc(N3c4ccccc4Sc4cccnc43)cc2)CC1. The monoisotopic (exact) mass is 475 g/mol. The van der Waals surface area contributed by atoms with Gasteiger partial charge in [0.15, 0.2) is 5.82 Å². The lowest BCUT2D eigenvalue weighted by molar-refractivity contribution is 0.0126. The van der Waals surface area contributed by atoms with E-state index >= 15 is 0 Å². The van der Waals surface area contributed by atoms with Crippen LogP contribution >= 0.6 is 11.8 Å². The molecule has 3 aromatic rings. The normalized spacial score (nSPS) is 16.0. The van der Waals surface area contributed by atoms with E-state index in [0.717, 1.165) is 40.7 Å². The van der Waals surface area contributed by atoms with Gasteiger partial charge in [-0.05, 0) is 69.3 Å². The molecule has 5 rings (SSSR count). The van der Waals surface area contributed by atoms with Crippen LogP contribution in [0.5, 0.6) is 5.75 Å². The topological polar surface area (TPSA) is 54.9 Å². The number of benzene rings is 2. The van der Waals surface area contributed by atoms with E-state index in [0.29, 0.717) is 13.1 Å². The van der Waals surface area contributed by atoms with E-state index in [4.69, 9.17) is 9.47 Å². The summed E-state index contributed by atoms with van der Waals surface area (Å²) < 4.78 is 11.7. The van der Waals surface area contributed by atoms with Gasteiger partial charge in [0.2, 0.25) is 0 Å². The van der Waals surface area contributed by atoms with Gasteiger partial charge in [-0.2, -0.15) is 0 Å². The first-order valence-corrected chi connectivity index (χ1v) is 12.5. The summed E-state index contributed by atoms with van der Waals surface area (Å²) in [6, 6.07) is 20.7. The number of hydrogen-bond donors (Lipinski definition) is 0. The van der Waals surface area contributed by atoms with Crippen molar-refractivity contribution in [2.45, 2.75) is 55.1 Å². The second-order valence-electron chi connectivity index (χ2n) is 9.51. The van der Waals surface area contributed by atoms with Gasteiger partial charge < -0.3 is 14.4 Å². The molecule has 7 heteroatoms. The molecule has 0 bridgehead atoms. The molecule has 3 heterocycles. The minimum absolute atomic E-state index is 0.0824. The van der Waals surface area contributed by atoms with Gasteiger partial charge in [0.1, 0.15) is 17.5 Å². The zero-order valence-electron chi connectivity index (χ0n) is 19.7. The van der Waals surface area contributed by atoms with E-state index in [9.17, 15) is 4.79 Å². The number of aromatic nitrogens is 1. The van der Waals surface area contributed by atoms with Gasteiger partial charge in [0, 0.05) is 42.7 Å². The summed E-state index contributed by atoms with van der Waals surface area (Å²) in [5.74, 6) is 1.77. The van der Waals surface area contributed by atoms with Crippen LogP contribution in [0.1, 0.15) is 33.6 Å². The van der Waals surface area contributed by atoms with E-state index in [1.54, 1.807) is 16.7 Å². The standard InChI is InChI=1S/C27H29N3O3S/c1-27(2,3)33-26(31)29-17-14-21(15-18-29)32-20-12-10-19(11-13-20)30-22-7-4-5-8-23(22)34-24-9-6-16-28-25(24)30/h4-13,16,21H,14-15,17-18H2,1-3H3. The fraction of sp³-hybridized carbons (Fsp3) is 0.333. The van der Waals surface area contributed by atoms with Gasteiger partial charge in [-0.15, -0.1) is 0 Å². The van der Waals surface area contributed by atoms with Crippen LogP contribution in [0.15, 0.2) is 76.7 Å². The van der Waals surface area contributed by atoms with Crippen LogP contribution in [0.3, 0.4) is 0 Å². The minimum atomic E-state index is -0.476. The van der Waals surface area contributed by atoms with Crippen LogP contribution in [-0.4, -0.2) is 40.8 Å². The van der Waals surface area contributed by atoms with Crippen molar-refractivity contribution in [3.63, 3.8) is 0 Å². The summed E-state index contributed by atoms with van der Waals surface area (Å²) in [5.41, 5.74) is 1.69. The first-order chi connectivity index (χ1) is 16.4. The van der Waals surface area contributed by atoms with Crippen LogP contribution in [0.2, 0.25) is 0 Å². The maximum atomic E-state index is 12.3. The van der Waals surface area contributed by atoms with Crippen LogP contribution in [0.25, 0.3) is 0 Å². The zero-order valence-corrected chi connectivity index (χ0v) is 20.5. The number of likely N-dealkylation sites (tertiary alicyclic amines) is 1. The third-order valence-corrected chi connectivity index (χ3v) is 6.88. The lowest BCUT2D eigenvalue weighted by Crippen LogP contribution is -2.44. The van der Waals surface area contributed by atoms with Crippen LogP contribution in [0, 0.1) is 0 Å². The van der Waals surface area contributed by atoms with E-state index in [1.165, 1.54) is 4.90 Å². The fourth-order valence-corrected chi connectivity index (χ4v) is 5.23. The number of ether oxygens (including phenoxy) is 2. The van der Waals surface area contributed by atoms with Gasteiger partial charge in [0.05, 0.1) is 10.6 Å².